The minimum absolute atomic E-state index is 0.0649. The highest BCUT2D eigenvalue weighted by molar-refractivity contribution is 6.07. The molecule has 0 aliphatic carbocycles. The van der Waals surface area contributed by atoms with E-state index in [0.29, 0.717) is 29.5 Å². The number of para-hydroxylation sites is 2. The zero-order valence-electron chi connectivity index (χ0n) is 17.0. The smallest absolute Gasteiger partial charge is 0.258 e. The lowest BCUT2D eigenvalue weighted by Crippen LogP contribution is -2.35. The molecule has 0 bridgehead atoms. The SMILES string of the molecule is CC(C)(C)c1nc(-c2ncn3c2CN(C(=O)c2ccccc2)c2ccccc2-3)no1. The molecule has 150 valence electrons. The van der Waals surface area contributed by atoms with Crippen molar-refractivity contribution in [2.75, 3.05) is 4.90 Å². The van der Waals surface area contributed by atoms with Gasteiger partial charge in [0.05, 0.1) is 23.6 Å². The number of hydrogen-bond donors (Lipinski definition) is 0. The largest absolute Gasteiger partial charge is 0.338 e. The van der Waals surface area contributed by atoms with Crippen LogP contribution in [0.2, 0.25) is 0 Å². The van der Waals surface area contributed by atoms with Crippen LogP contribution in [0.25, 0.3) is 17.2 Å². The number of fused-ring (bicyclic) bond motifs is 3. The van der Waals surface area contributed by atoms with Crippen LogP contribution in [0.4, 0.5) is 5.69 Å². The summed E-state index contributed by atoms with van der Waals surface area (Å²) >= 11 is 0. The minimum atomic E-state index is -0.257. The van der Waals surface area contributed by atoms with Gasteiger partial charge in [-0.15, -0.1) is 0 Å². The Morgan fingerprint density at radius 2 is 1.70 bits per heavy atom. The van der Waals surface area contributed by atoms with Gasteiger partial charge in [0.25, 0.3) is 5.91 Å². The average molecular weight is 399 g/mol. The molecule has 3 heterocycles. The third-order valence-electron chi connectivity index (χ3n) is 5.15. The van der Waals surface area contributed by atoms with Crippen molar-refractivity contribution >= 4 is 11.6 Å². The molecule has 0 N–H and O–H groups in total. The molecule has 1 aliphatic heterocycles. The monoisotopic (exact) mass is 399 g/mol. The third-order valence-corrected chi connectivity index (χ3v) is 5.15. The Morgan fingerprint density at radius 1 is 1.00 bits per heavy atom. The molecule has 7 nitrogen and oxygen atoms in total. The number of anilines is 1. The molecule has 0 atom stereocenters. The molecular formula is C23H21N5O2. The summed E-state index contributed by atoms with van der Waals surface area (Å²) in [6, 6.07) is 17.1. The highest BCUT2D eigenvalue weighted by Crippen LogP contribution is 2.36. The van der Waals surface area contributed by atoms with Crippen LogP contribution in [-0.2, 0) is 12.0 Å². The van der Waals surface area contributed by atoms with Crippen LogP contribution in [0.3, 0.4) is 0 Å². The predicted molar refractivity (Wildman–Crippen MR) is 113 cm³/mol. The van der Waals surface area contributed by atoms with Crippen molar-refractivity contribution in [3.63, 3.8) is 0 Å². The first-order chi connectivity index (χ1) is 14.4. The molecule has 2 aromatic heterocycles. The summed E-state index contributed by atoms with van der Waals surface area (Å²) in [5, 5.41) is 4.15. The fourth-order valence-electron chi connectivity index (χ4n) is 3.59. The van der Waals surface area contributed by atoms with Gasteiger partial charge in [-0.05, 0) is 24.3 Å². The Kier molecular flexibility index (Phi) is 4.06. The van der Waals surface area contributed by atoms with Crippen molar-refractivity contribution in [3.05, 3.63) is 78.1 Å². The van der Waals surface area contributed by atoms with Crippen molar-refractivity contribution < 1.29 is 9.32 Å². The molecule has 0 unspecified atom stereocenters. The van der Waals surface area contributed by atoms with Crippen LogP contribution in [0.15, 0.2) is 65.4 Å². The van der Waals surface area contributed by atoms with E-state index in [2.05, 4.69) is 15.1 Å². The molecular weight excluding hydrogens is 378 g/mol. The molecule has 0 saturated heterocycles. The number of hydrogen-bond acceptors (Lipinski definition) is 5. The summed E-state index contributed by atoms with van der Waals surface area (Å²) in [6.07, 6.45) is 1.75. The topological polar surface area (TPSA) is 77.1 Å². The maximum atomic E-state index is 13.3. The first-order valence-electron chi connectivity index (χ1n) is 9.80. The number of nitrogens with zero attached hydrogens (tertiary/aromatic N) is 5. The van der Waals surface area contributed by atoms with E-state index in [1.165, 1.54) is 0 Å². The summed E-state index contributed by atoms with van der Waals surface area (Å²) in [5.74, 6) is 0.915. The molecule has 5 rings (SSSR count). The van der Waals surface area contributed by atoms with Gasteiger partial charge >= 0.3 is 0 Å². The Hall–Kier alpha value is -3.74. The number of amides is 1. The standard InChI is InChI=1S/C23H21N5O2/c1-23(2,3)22-25-20(26-30-22)19-18-13-27(21(29)15-9-5-4-6-10-15)16-11-7-8-12-17(16)28(18)14-24-19/h4-12,14H,13H2,1-3H3. The number of imidazole rings is 1. The summed E-state index contributed by atoms with van der Waals surface area (Å²) in [7, 11) is 0. The highest BCUT2D eigenvalue weighted by atomic mass is 16.5. The zero-order chi connectivity index (χ0) is 20.9. The first kappa shape index (κ1) is 18.3. The molecule has 2 aromatic carbocycles. The normalized spacial score (nSPS) is 13.1. The Balaban J connectivity index is 1.62. The lowest BCUT2D eigenvalue weighted by molar-refractivity contribution is 0.0984. The summed E-state index contributed by atoms with van der Waals surface area (Å²) in [4.78, 5) is 24.2. The number of carbonyl (C=O) groups is 1. The second kappa shape index (κ2) is 6.66. The van der Waals surface area contributed by atoms with Crippen LogP contribution in [-0.4, -0.2) is 25.6 Å². The molecule has 4 aromatic rings. The van der Waals surface area contributed by atoms with E-state index in [4.69, 9.17) is 4.52 Å². The summed E-state index contributed by atoms with van der Waals surface area (Å²) in [6.45, 7) is 6.41. The van der Waals surface area contributed by atoms with E-state index in [1.807, 2.05) is 79.9 Å². The maximum Gasteiger partial charge on any atom is 0.258 e. The van der Waals surface area contributed by atoms with Crippen LogP contribution in [0.5, 0.6) is 0 Å². The van der Waals surface area contributed by atoms with Gasteiger partial charge in [0.2, 0.25) is 11.7 Å². The molecule has 0 radical (unpaired) electrons. The number of aromatic nitrogens is 4. The van der Waals surface area contributed by atoms with E-state index >= 15 is 0 Å². The molecule has 0 spiro atoms. The van der Waals surface area contributed by atoms with Crippen molar-refractivity contribution in [1.82, 2.24) is 19.7 Å². The van der Waals surface area contributed by atoms with Gasteiger partial charge in [-0.1, -0.05) is 56.3 Å². The van der Waals surface area contributed by atoms with E-state index in [0.717, 1.165) is 17.1 Å². The number of carbonyl (C=O) groups excluding carboxylic acids is 1. The van der Waals surface area contributed by atoms with E-state index in [-0.39, 0.29) is 11.3 Å². The van der Waals surface area contributed by atoms with Gasteiger partial charge in [-0.25, -0.2) is 4.98 Å². The van der Waals surface area contributed by atoms with Gasteiger partial charge in [-0.3, -0.25) is 9.36 Å². The second-order valence-electron chi connectivity index (χ2n) is 8.33. The summed E-state index contributed by atoms with van der Waals surface area (Å²) in [5.41, 5.74) is 3.57. The van der Waals surface area contributed by atoms with Crippen molar-refractivity contribution in [2.24, 2.45) is 0 Å². The molecule has 7 heteroatoms. The van der Waals surface area contributed by atoms with Gasteiger partial charge < -0.3 is 9.42 Å². The zero-order valence-corrected chi connectivity index (χ0v) is 17.0. The minimum Gasteiger partial charge on any atom is -0.338 e. The lowest BCUT2D eigenvalue weighted by Gasteiger charge is -2.30. The van der Waals surface area contributed by atoms with Crippen LogP contribution < -0.4 is 4.90 Å². The lowest BCUT2D eigenvalue weighted by atomic mass is 9.97. The molecule has 0 saturated carbocycles. The maximum absolute atomic E-state index is 13.3. The fourth-order valence-corrected chi connectivity index (χ4v) is 3.59. The van der Waals surface area contributed by atoms with Gasteiger partial charge in [0, 0.05) is 11.0 Å². The molecule has 0 fully saturated rings. The van der Waals surface area contributed by atoms with Crippen molar-refractivity contribution in [3.8, 4) is 17.2 Å². The first-order valence-corrected chi connectivity index (χ1v) is 9.80. The third kappa shape index (κ3) is 2.90. The quantitative estimate of drug-likeness (QED) is 0.500. The Bertz CT molecular complexity index is 1230. The van der Waals surface area contributed by atoms with E-state index in [9.17, 15) is 4.79 Å². The summed E-state index contributed by atoms with van der Waals surface area (Å²) < 4.78 is 7.46. The van der Waals surface area contributed by atoms with Gasteiger partial charge in [0.15, 0.2) is 0 Å². The van der Waals surface area contributed by atoms with E-state index < -0.39 is 0 Å². The number of rotatable bonds is 2. The average Bonchev–Trinajstić information content (AvgIpc) is 3.40. The molecule has 30 heavy (non-hydrogen) atoms. The molecule has 1 aliphatic rings. The van der Waals surface area contributed by atoms with Crippen LogP contribution >= 0.6 is 0 Å². The van der Waals surface area contributed by atoms with Crippen LogP contribution in [0.1, 0.15) is 42.7 Å². The van der Waals surface area contributed by atoms with E-state index in [1.54, 1.807) is 11.2 Å². The van der Waals surface area contributed by atoms with Crippen molar-refractivity contribution in [1.29, 1.82) is 0 Å². The second-order valence-corrected chi connectivity index (χ2v) is 8.33. The van der Waals surface area contributed by atoms with Gasteiger partial charge in [-0.2, -0.15) is 4.98 Å². The fraction of sp³-hybridized carbons (Fsp3) is 0.217. The highest BCUT2D eigenvalue weighted by Gasteiger charge is 2.31. The molecule has 1 amide bonds. The predicted octanol–water partition coefficient (Wildman–Crippen LogP) is 4.38. The number of benzene rings is 2. The Labute approximate surface area is 174 Å². The van der Waals surface area contributed by atoms with Gasteiger partial charge in [0.1, 0.15) is 12.0 Å². The van der Waals surface area contributed by atoms with Crippen LogP contribution in [0, 0.1) is 0 Å². The Morgan fingerprint density at radius 3 is 2.40 bits per heavy atom. The van der Waals surface area contributed by atoms with Crippen molar-refractivity contribution in [2.45, 2.75) is 32.7 Å².